The summed E-state index contributed by atoms with van der Waals surface area (Å²) in [5.41, 5.74) is 7.93. The van der Waals surface area contributed by atoms with Gasteiger partial charge in [0.25, 0.3) is 0 Å². The van der Waals surface area contributed by atoms with Crippen LogP contribution in [0.1, 0.15) is 18.4 Å². The lowest BCUT2D eigenvalue weighted by molar-refractivity contribution is 0.211. The summed E-state index contributed by atoms with van der Waals surface area (Å²) in [6.07, 6.45) is 2.05. The van der Waals surface area contributed by atoms with Crippen molar-refractivity contribution in [2.75, 3.05) is 24.1 Å². The molecule has 22 heavy (non-hydrogen) atoms. The highest BCUT2D eigenvalue weighted by atomic mass is 19.1. The van der Waals surface area contributed by atoms with E-state index >= 15 is 0 Å². The first-order valence-electron chi connectivity index (χ1n) is 7.78. The summed E-state index contributed by atoms with van der Waals surface area (Å²) >= 11 is 0. The summed E-state index contributed by atoms with van der Waals surface area (Å²) in [6, 6.07) is 15.7. The van der Waals surface area contributed by atoms with E-state index in [-0.39, 0.29) is 5.82 Å². The van der Waals surface area contributed by atoms with Crippen molar-refractivity contribution in [2.45, 2.75) is 25.4 Å². The van der Waals surface area contributed by atoms with Gasteiger partial charge in [-0.1, -0.05) is 30.3 Å². The van der Waals surface area contributed by atoms with Gasteiger partial charge in [-0.15, -0.1) is 0 Å². The third-order valence-corrected chi connectivity index (χ3v) is 4.19. The molecule has 0 bridgehead atoms. The Kier molecular flexibility index (Phi) is 4.59. The number of halogens is 1. The molecule has 0 aliphatic carbocycles. The van der Waals surface area contributed by atoms with Crippen molar-refractivity contribution in [3.8, 4) is 0 Å². The lowest BCUT2D eigenvalue weighted by Gasteiger charge is -2.33. The first-order chi connectivity index (χ1) is 10.7. The molecule has 0 atom stereocenters. The number of anilines is 2. The van der Waals surface area contributed by atoms with Gasteiger partial charge in [0, 0.05) is 31.4 Å². The zero-order chi connectivity index (χ0) is 15.4. The summed E-state index contributed by atoms with van der Waals surface area (Å²) in [7, 11) is 0. The molecule has 1 aliphatic heterocycles. The summed E-state index contributed by atoms with van der Waals surface area (Å²) in [5, 5.41) is 3.30. The minimum atomic E-state index is -0.272. The lowest BCUT2D eigenvalue weighted by Crippen LogP contribution is -2.38. The molecule has 2 aromatic rings. The molecule has 0 unspecified atom stereocenters. The molecule has 3 rings (SSSR count). The first kappa shape index (κ1) is 14.9. The fourth-order valence-electron chi connectivity index (χ4n) is 2.95. The molecule has 1 aliphatic rings. The van der Waals surface area contributed by atoms with Gasteiger partial charge in [0.2, 0.25) is 0 Å². The molecule has 0 amide bonds. The van der Waals surface area contributed by atoms with Gasteiger partial charge in [0.1, 0.15) is 5.82 Å². The average Bonchev–Trinajstić information content (AvgIpc) is 2.53. The molecule has 0 spiro atoms. The number of nitrogens with one attached hydrogen (secondary N) is 1. The maximum absolute atomic E-state index is 13.8. The molecule has 3 nitrogen and oxygen atoms in total. The van der Waals surface area contributed by atoms with Crippen molar-refractivity contribution in [3.63, 3.8) is 0 Å². The number of piperidine rings is 1. The maximum Gasteiger partial charge on any atom is 0.148 e. The highest BCUT2D eigenvalue weighted by Crippen LogP contribution is 2.22. The van der Waals surface area contributed by atoms with E-state index in [0.717, 1.165) is 32.5 Å². The van der Waals surface area contributed by atoms with Crippen molar-refractivity contribution in [1.29, 1.82) is 0 Å². The average molecular weight is 299 g/mol. The topological polar surface area (TPSA) is 41.3 Å². The fraction of sp³-hybridized carbons (Fsp3) is 0.333. The Morgan fingerprint density at radius 2 is 1.82 bits per heavy atom. The molecule has 1 saturated heterocycles. The Hall–Kier alpha value is -2.07. The molecule has 4 heteroatoms. The van der Waals surface area contributed by atoms with Gasteiger partial charge in [-0.2, -0.15) is 0 Å². The van der Waals surface area contributed by atoms with E-state index in [1.54, 1.807) is 12.1 Å². The molecule has 1 fully saturated rings. The zero-order valence-electron chi connectivity index (χ0n) is 12.6. The minimum Gasteiger partial charge on any atom is -0.399 e. The number of hydrogen-bond donors (Lipinski definition) is 2. The van der Waals surface area contributed by atoms with Crippen LogP contribution in [0.3, 0.4) is 0 Å². The second-order valence-electron chi connectivity index (χ2n) is 5.92. The van der Waals surface area contributed by atoms with Crippen molar-refractivity contribution in [1.82, 2.24) is 4.90 Å². The van der Waals surface area contributed by atoms with Gasteiger partial charge in [0.05, 0.1) is 5.69 Å². The maximum atomic E-state index is 13.8. The Balaban J connectivity index is 1.51. The summed E-state index contributed by atoms with van der Waals surface area (Å²) < 4.78 is 13.8. The summed E-state index contributed by atoms with van der Waals surface area (Å²) in [6.45, 7) is 3.05. The third-order valence-electron chi connectivity index (χ3n) is 4.19. The van der Waals surface area contributed by atoms with Crippen LogP contribution in [-0.4, -0.2) is 24.0 Å². The largest absolute Gasteiger partial charge is 0.399 e. The molecule has 0 saturated carbocycles. The normalized spacial score (nSPS) is 16.6. The van der Waals surface area contributed by atoms with Crippen LogP contribution in [0.2, 0.25) is 0 Å². The lowest BCUT2D eigenvalue weighted by atomic mass is 10.0. The van der Waals surface area contributed by atoms with Crippen LogP contribution in [0.25, 0.3) is 0 Å². The second-order valence-corrected chi connectivity index (χ2v) is 5.92. The fourth-order valence-corrected chi connectivity index (χ4v) is 2.95. The van der Waals surface area contributed by atoms with Crippen molar-refractivity contribution < 1.29 is 4.39 Å². The standard InChI is InChI=1S/C18H22FN3/c19-17-12-15(20)6-7-18(17)21-16-8-10-22(11-9-16)13-14-4-2-1-3-5-14/h1-7,12,16,21H,8-11,13,20H2. The van der Waals surface area contributed by atoms with Gasteiger partial charge >= 0.3 is 0 Å². The number of nitrogens with zero attached hydrogens (tertiary/aromatic N) is 1. The molecule has 1 heterocycles. The molecular formula is C18H22FN3. The predicted octanol–water partition coefficient (Wildman–Crippen LogP) is 3.48. The second kappa shape index (κ2) is 6.79. The van der Waals surface area contributed by atoms with E-state index in [1.807, 2.05) is 6.07 Å². The molecule has 0 radical (unpaired) electrons. The van der Waals surface area contributed by atoms with Crippen LogP contribution >= 0.6 is 0 Å². The first-order valence-corrected chi connectivity index (χ1v) is 7.78. The van der Waals surface area contributed by atoms with E-state index in [2.05, 4.69) is 34.5 Å². The monoisotopic (exact) mass is 299 g/mol. The Morgan fingerprint density at radius 3 is 2.50 bits per heavy atom. The van der Waals surface area contributed by atoms with Crippen molar-refractivity contribution in [2.24, 2.45) is 0 Å². The van der Waals surface area contributed by atoms with Crippen LogP contribution in [0.5, 0.6) is 0 Å². The number of nitrogens with two attached hydrogens (primary N) is 1. The Morgan fingerprint density at radius 1 is 1.09 bits per heavy atom. The molecule has 116 valence electrons. The van der Waals surface area contributed by atoms with Crippen molar-refractivity contribution >= 4 is 11.4 Å². The highest BCUT2D eigenvalue weighted by molar-refractivity contribution is 5.53. The number of benzene rings is 2. The van der Waals surface area contributed by atoms with Crippen LogP contribution in [-0.2, 0) is 6.54 Å². The van der Waals surface area contributed by atoms with Gasteiger partial charge < -0.3 is 11.1 Å². The molecule has 2 aromatic carbocycles. The third kappa shape index (κ3) is 3.77. The van der Waals surface area contributed by atoms with E-state index in [1.165, 1.54) is 11.6 Å². The van der Waals surface area contributed by atoms with Crippen molar-refractivity contribution in [3.05, 3.63) is 59.9 Å². The van der Waals surface area contributed by atoms with Gasteiger partial charge in [-0.05, 0) is 36.6 Å². The Labute approximate surface area is 130 Å². The van der Waals surface area contributed by atoms with Crippen LogP contribution in [0, 0.1) is 5.82 Å². The summed E-state index contributed by atoms with van der Waals surface area (Å²) in [4.78, 5) is 2.45. The number of hydrogen-bond acceptors (Lipinski definition) is 3. The van der Waals surface area contributed by atoms with Gasteiger partial charge in [0.15, 0.2) is 0 Å². The molecular weight excluding hydrogens is 277 g/mol. The van der Waals surface area contributed by atoms with E-state index in [9.17, 15) is 4.39 Å². The van der Waals surface area contributed by atoms with E-state index in [0.29, 0.717) is 17.4 Å². The van der Waals surface area contributed by atoms with Crippen LogP contribution < -0.4 is 11.1 Å². The quantitative estimate of drug-likeness (QED) is 0.849. The van der Waals surface area contributed by atoms with E-state index in [4.69, 9.17) is 5.73 Å². The van der Waals surface area contributed by atoms with Crippen LogP contribution in [0.4, 0.5) is 15.8 Å². The number of likely N-dealkylation sites (tertiary alicyclic amines) is 1. The zero-order valence-corrected chi connectivity index (χ0v) is 12.6. The molecule has 0 aromatic heterocycles. The number of rotatable bonds is 4. The molecule has 3 N–H and O–H groups in total. The van der Waals surface area contributed by atoms with Crippen LogP contribution in [0.15, 0.2) is 48.5 Å². The SMILES string of the molecule is Nc1ccc(NC2CCN(Cc3ccccc3)CC2)c(F)c1. The van der Waals surface area contributed by atoms with E-state index < -0.39 is 0 Å². The number of nitrogen functional groups attached to an aromatic ring is 1. The summed E-state index contributed by atoms with van der Waals surface area (Å²) in [5.74, 6) is -0.272. The Bertz CT molecular complexity index is 607. The smallest absolute Gasteiger partial charge is 0.148 e. The minimum absolute atomic E-state index is 0.272. The van der Waals surface area contributed by atoms with Gasteiger partial charge in [-0.3, -0.25) is 4.90 Å². The van der Waals surface area contributed by atoms with Gasteiger partial charge in [-0.25, -0.2) is 4.39 Å². The highest BCUT2D eigenvalue weighted by Gasteiger charge is 2.19. The predicted molar refractivity (Wildman–Crippen MR) is 89.2 cm³/mol.